The number of hydrogen-bond donors (Lipinski definition) is 2. The number of amides is 1. The molecule has 0 radical (unpaired) electrons. The lowest BCUT2D eigenvalue weighted by atomic mass is 9.87. The van der Waals surface area contributed by atoms with Crippen LogP contribution in [0.1, 0.15) is 18.6 Å². The van der Waals surface area contributed by atoms with Crippen LogP contribution in [0.25, 0.3) is 11.5 Å². The Morgan fingerprint density at radius 2 is 2.11 bits per heavy atom. The van der Waals surface area contributed by atoms with E-state index in [1.165, 1.54) is 0 Å². The molecule has 27 heavy (non-hydrogen) atoms. The molecule has 0 aliphatic carbocycles. The van der Waals surface area contributed by atoms with Gasteiger partial charge >= 0.3 is 0 Å². The van der Waals surface area contributed by atoms with Crippen LogP contribution in [0, 0.1) is 6.92 Å². The fraction of sp³-hybridized carbons (Fsp3) is 0.316. The van der Waals surface area contributed by atoms with E-state index in [0.29, 0.717) is 24.4 Å². The molecule has 4 rings (SSSR count). The largest absolute Gasteiger partial charge is 0.441 e. The lowest BCUT2D eigenvalue weighted by Gasteiger charge is -2.36. The number of rotatable bonds is 4. The van der Waals surface area contributed by atoms with E-state index in [2.05, 4.69) is 20.7 Å². The molecule has 0 saturated carbocycles. The van der Waals surface area contributed by atoms with Crippen LogP contribution in [0.15, 0.2) is 53.3 Å². The van der Waals surface area contributed by atoms with Crippen LogP contribution in [-0.4, -0.2) is 33.8 Å². The highest BCUT2D eigenvalue weighted by Gasteiger charge is 2.42. The second-order valence-electron chi connectivity index (χ2n) is 6.54. The number of halogens is 1. The second-order valence-corrected chi connectivity index (χ2v) is 6.54. The van der Waals surface area contributed by atoms with E-state index in [0.717, 1.165) is 24.4 Å². The van der Waals surface area contributed by atoms with Gasteiger partial charge in [0.15, 0.2) is 0 Å². The number of hydrogen-bond acceptors (Lipinski definition) is 5. The SMILES string of the molecule is Cc1cnc(-c2cccc(NC(=O)C3(n4cccn4)CCNCC3)c2)o1.Cl. The summed E-state index contributed by atoms with van der Waals surface area (Å²) in [4.78, 5) is 17.4. The molecular weight excluding hydrogens is 366 g/mol. The van der Waals surface area contributed by atoms with Gasteiger partial charge in [0.2, 0.25) is 5.89 Å². The van der Waals surface area contributed by atoms with Crippen molar-refractivity contribution in [1.29, 1.82) is 0 Å². The fourth-order valence-electron chi connectivity index (χ4n) is 3.39. The van der Waals surface area contributed by atoms with E-state index in [1.54, 1.807) is 17.1 Å². The Morgan fingerprint density at radius 3 is 2.78 bits per heavy atom. The maximum atomic E-state index is 13.2. The van der Waals surface area contributed by atoms with E-state index < -0.39 is 5.54 Å². The Labute approximate surface area is 163 Å². The number of nitrogens with zero attached hydrogens (tertiary/aromatic N) is 3. The van der Waals surface area contributed by atoms with Gasteiger partial charge in [-0.2, -0.15) is 5.10 Å². The van der Waals surface area contributed by atoms with Crippen LogP contribution in [0.3, 0.4) is 0 Å². The number of oxazole rings is 1. The molecule has 0 spiro atoms. The van der Waals surface area contributed by atoms with E-state index >= 15 is 0 Å². The quantitative estimate of drug-likeness (QED) is 0.718. The van der Waals surface area contributed by atoms with Gasteiger partial charge in [-0.05, 0) is 57.1 Å². The predicted octanol–water partition coefficient (Wildman–Crippen LogP) is 2.99. The highest BCUT2D eigenvalue weighted by atomic mass is 35.5. The van der Waals surface area contributed by atoms with Gasteiger partial charge in [0.05, 0.1) is 6.20 Å². The first kappa shape index (κ1) is 19.1. The zero-order chi connectivity index (χ0) is 18.0. The summed E-state index contributed by atoms with van der Waals surface area (Å²) < 4.78 is 7.36. The Bertz CT molecular complexity index is 900. The van der Waals surface area contributed by atoms with E-state index in [4.69, 9.17) is 4.42 Å². The van der Waals surface area contributed by atoms with Crippen molar-refractivity contribution in [3.63, 3.8) is 0 Å². The van der Waals surface area contributed by atoms with E-state index in [9.17, 15) is 4.79 Å². The summed E-state index contributed by atoms with van der Waals surface area (Å²) in [5, 5.41) is 10.7. The number of piperidine rings is 1. The van der Waals surface area contributed by atoms with Crippen LogP contribution in [0.4, 0.5) is 5.69 Å². The van der Waals surface area contributed by atoms with Gasteiger partial charge in [-0.25, -0.2) is 4.98 Å². The van der Waals surface area contributed by atoms with Gasteiger partial charge in [-0.15, -0.1) is 12.4 Å². The van der Waals surface area contributed by atoms with Crippen LogP contribution >= 0.6 is 12.4 Å². The smallest absolute Gasteiger partial charge is 0.252 e. The van der Waals surface area contributed by atoms with Gasteiger partial charge in [-0.1, -0.05) is 6.07 Å². The Balaban J connectivity index is 0.00000210. The number of benzene rings is 1. The summed E-state index contributed by atoms with van der Waals surface area (Å²) in [5.74, 6) is 1.24. The van der Waals surface area contributed by atoms with Crippen molar-refractivity contribution in [1.82, 2.24) is 20.1 Å². The van der Waals surface area contributed by atoms with Crippen LogP contribution in [-0.2, 0) is 10.3 Å². The Morgan fingerprint density at radius 1 is 1.30 bits per heavy atom. The molecule has 0 atom stereocenters. The number of nitrogens with one attached hydrogen (secondary N) is 2. The molecule has 0 unspecified atom stereocenters. The normalized spacial score (nSPS) is 15.7. The molecular formula is C19H22ClN5O2. The first-order valence-electron chi connectivity index (χ1n) is 8.73. The molecule has 3 aromatic rings. The zero-order valence-corrected chi connectivity index (χ0v) is 15.8. The van der Waals surface area contributed by atoms with Gasteiger partial charge in [0.1, 0.15) is 11.3 Å². The van der Waals surface area contributed by atoms with Crippen molar-refractivity contribution in [2.75, 3.05) is 18.4 Å². The minimum Gasteiger partial charge on any atom is -0.441 e. The Kier molecular flexibility index (Phi) is 5.62. The molecule has 2 N–H and O–H groups in total. The average molecular weight is 388 g/mol. The number of carbonyl (C=O) groups is 1. The molecule has 1 aliphatic heterocycles. The molecule has 1 fully saturated rings. The summed E-state index contributed by atoms with van der Waals surface area (Å²) in [6.45, 7) is 3.42. The van der Waals surface area contributed by atoms with Crippen molar-refractivity contribution < 1.29 is 9.21 Å². The lowest BCUT2D eigenvalue weighted by Crippen LogP contribution is -2.52. The highest BCUT2D eigenvalue weighted by Crippen LogP contribution is 2.29. The van der Waals surface area contributed by atoms with Crippen LogP contribution in [0.2, 0.25) is 0 Å². The van der Waals surface area contributed by atoms with Gasteiger partial charge in [0.25, 0.3) is 5.91 Å². The van der Waals surface area contributed by atoms with Crippen LogP contribution in [0.5, 0.6) is 0 Å². The van der Waals surface area contributed by atoms with Crippen molar-refractivity contribution in [2.24, 2.45) is 0 Å². The fourth-order valence-corrected chi connectivity index (χ4v) is 3.39. The van der Waals surface area contributed by atoms with Crippen molar-refractivity contribution in [3.8, 4) is 11.5 Å². The highest BCUT2D eigenvalue weighted by molar-refractivity contribution is 5.97. The monoisotopic (exact) mass is 387 g/mol. The molecule has 3 heterocycles. The molecule has 8 heteroatoms. The summed E-state index contributed by atoms with van der Waals surface area (Å²) in [6.07, 6.45) is 6.64. The van der Waals surface area contributed by atoms with Crippen molar-refractivity contribution in [2.45, 2.75) is 25.3 Å². The lowest BCUT2D eigenvalue weighted by molar-refractivity contribution is -0.126. The maximum Gasteiger partial charge on any atom is 0.252 e. The third-order valence-electron chi connectivity index (χ3n) is 4.78. The third kappa shape index (κ3) is 3.74. The minimum absolute atomic E-state index is 0. The first-order chi connectivity index (χ1) is 12.7. The van der Waals surface area contributed by atoms with Crippen molar-refractivity contribution >= 4 is 24.0 Å². The Hall–Kier alpha value is -2.64. The van der Waals surface area contributed by atoms with Crippen LogP contribution < -0.4 is 10.6 Å². The molecule has 2 aromatic heterocycles. The molecule has 1 saturated heterocycles. The first-order valence-corrected chi connectivity index (χ1v) is 8.73. The van der Waals surface area contributed by atoms with Gasteiger partial charge in [0, 0.05) is 23.6 Å². The maximum absolute atomic E-state index is 13.2. The van der Waals surface area contributed by atoms with E-state index in [-0.39, 0.29) is 18.3 Å². The summed E-state index contributed by atoms with van der Waals surface area (Å²) >= 11 is 0. The summed E-state index contributed by atoms with van der Waals surface area (Å²) in [5.41, 5.74) is 0.868. The van der Waals surface area contributed by atoms with Gasteiger partial charge in [-0.3, -0.25) is 9.48 Å². The molecule has 142 valence electrons. The molecule has 7 nitrogen and oxygen atoms in total. The molecule has 0 bridgehead atoms. The topological polar surface area (TPSA) is 85.0 Å². The standard InChI is InChI=1S/C19H21N5O2.ClH/c1-14-13-21-17(26-14)15-4-2-5-16(12-15)23-18(25)19(6-9-20-10-7-19)24-11-3-8-22-24;/h2-5,8,11-13,20H,6-7,9-10H2,1H3,(H,23,25);1H. The number of aryl methyl sites for hydroxylation is 1. The predicted molar refractivity (Wildman–Crippen MR) is 105 cm³/mol. The number of aromatic nitrogens is 3. The summed E-state index contributed by atoms with van der Waals surface area (Å²) in [7, 11) is 0. The minimum atomic E-state index is -0.676. The summed E-state index contributed by atoms with van der Waals surface area (Å²) in [6, 6.07) is 9.39. The third-order valence-corrected chi connectivity index (χ3v) is 4.78. The number of carbonyl (C=O) groups excluding carboxylic acids is 1. The van der Waals surface area contributed by atoms with E-state index in [1.807, 2.05) is 43.5 Å². The van der Waals surface area contributed by atoms with Crippen molar-refractivity contribution in [3.05, 3.63) is 54.7 Å². The zero-order valence-electron chi connectivity index (χ0n) is 15.0. The molecule has 1 aromatic carbocycles. The van der Waals surface area contributed by atoms with Gasteiger partial charge < -0.3 is 15.1 Å². The average Bonchev–Trinajstić information content (AvgIpc) is 3.34. The second kappa shape index (κ2) is 7.94. The molecule has 1 aliphatic rings. The molecule has 1 amide bonds. The number of anilines is 1.